The number of hydrogen-bond donors (Lipinski definition) is 2. The van der Waals surface area contributed by atoms with Crippen molar-refractivity contribution in [3.8, 4) is 0 Å². The molecule has 0 aromatic heterocycles. The summed E-state index contributed by atoms with van der Waals surface area (Å²) < 4.78 is 0.808. The van der Waals surface area contributed by atoms with Gasteiger partial charge in [-0.2, -0.15) is 0 Å². The van der Waals surface area contributed by atoms with Crippen molar-refractivity contribution < 1.29 is 4.79 Å². The number of nitrogens with one attached hydrogen (secondary N) is 1. The maximum atomic E-state index is 11.9. The highest BCUT2D eigenvalue weighted by molar-refractivity contribution is 9.10. The number of hydrogen-bond acceptors (Lipinski definition) is 3. The largest absolute Gasteiger partial charge is 0.399 e. The number of halogens is 1. The number of nitrogen functional groups attached to an aromatic ring is 1. The number of nitrogens with zero attached hydrogens (tertiary/aromatic N) is 1. The van der Waals surface area contributed by atoms with Crippen LogP contribution in [0, 0.1) is 0 Å². The van der Waals surface area contributed by atoms with Gasteiger partial charge < -0.3 is 11.1 Å². The second kappa shape index (κ2) is 5.71. The van der Waals surface area contributed by atoms with Crippen molar-refractivity contribution in [1.82, 2.24) is 4.90 Å². The summed E-state index contributed by atoms with van der Waals surface area (Å²) in [5.74, 6) is 0.00914. The fourth-order valence-corrected chi connectivity index (χ4v) is 2.50. The van der Waals surface area contributed by atoms with Gasteiger partial charge in [-0.05, 0) is 54.0 Å². The SMILES string of the molecule is CN(CC(=O)Nc1ccc(N)cc1Br)C1CCC1. The third-order valence-electron chi connectivity index (χ3n) is 3.36. The first-order valence-corrected chi connectivity index (χ1v) is 6.90. The van der Waals surface area contributed by atoms with Crippen LogP contribution in [0.3, 0.4) is 0 Å². The Morgan fingerprint density at radius 3 is 2.83 bits per heavy atom. The molecule has 1 fully saturated rings. The molecule has 1 aromatic carbocycles. The maximum absolute atomic E-state index is 11.9. The molecule has 1 aliphatic rings. The van der Waals surface area contributed by atoms with E-state index in [4.69, 9.17) is 5.73 Å². The van der Waals surface area contributed by atoms with Gasteiger partial charge in [0.1, 0.15) is 0 Å². The normalized spacial score (nSPS) is 15.5. The molecule has 1 aliphatic carbocycles. The highest BCUT2D eigenvalue weighted by Gasteiger charge is 2.23. The number of nitrogens with two attached hydrogens (primary N) is 1. The molecule has 0 atom stereocenters. The number of carbonyl (C=O) groups is 1. The third kappa shape index (κ3) is 3.23. The molecule has 0 spiro atoms. The first kappa shape index (κ1) is 13.4. The number of rotatable bonds is 4. The van der Waals surface area contributed by atoms with Gasteiger partial charge in [0.25, 0.3) is 0 Å². The van der Waals surface area contributed by atoms with E-state index in [0.29, 0.717) is 18.3 Å². The van der Waals surface area contributed by atoms with Crippen LogP contribution >= 0.6 is 15.9 Å². The van der Waals surface area contributed by atoms with Gasteiger partial charge in [0.2, 0.25) is 5.91 Å². The average molecular weight is 312 g/mol. The highest BCUT2D eigenvalue weighted by Crippen LogP contribution is 2.25. The monoisotopic (exact) mass is 311 g/mol. The van der Waals surface area contributed by atoms with E-state index >= 15 is 0 Å². The van der Waals surface area contributed by atoms with E-state index in [0.717, 1.165) is 10.2 Å². The number of anilines is 2. The number of amides is 1. The smallest absolute Gasteiger partial charge is 0.238 e. The lowest BCUT2D eigenvalue weighted by atomic mass is 9.92. The molecule has 0 bridgehead atoms. The lowest BCUT2D eigenvalue weighted by Crippen LogP contribution is -2.41. The summed E-state index contributed by atoms with van der Waals surface area (Å²) in [7, 11) is 2.00. The summed E-state index contributed by atoms with van der Waals surface area (Å²) in [6, 6.07) is 5.94. The lowest BCUT2D eigenvalue weighted by Gasteiger charge is -2.34. The molecule has 0 radical (unpaired) electrons. The molecule has 0 heterocycles. The quantitative estimate of drug-likeness (QED) is 0.840. The fourth-order valence-electron chi connectivity index (χ4n) is 2.01. The Morgan fingerprint density at radius 1 is 1.56 bits per heavy atom. The second-order valence-corrected chi connectivity index (χ2v) is 5.64. The molecular weight excluding hydrogens is 294 g/mol. The standard InChI is InChI=1S/C13H18BrN3O/c1-17(10-3-2-4-10)8-13(18)16-12-6-5-9(15)7-11(12)14/h5-7,10H,2-4,8,15H2,1H3,(H,16,18). The van der Waals surface area contributed by atoms with Crippen LogP contribution in [-0.2, 0) is 4.79 Å². The minimum Gasteiger partial charge on any atom is -0.399 e. The molecule has 18 heavy (non-hydrogen) atoms. The Bertz CT molecular complexity index is 446. The predicted octanol–water partition coefficient (Wildman–Crippen LogP) is 2.45. The molecule has 1 amide bonds. The minimum absolute atomic E-state index is 0.00914. The molecule has 0 aliphatic heterocycles. The summed E-state index contributed by atoms with van der Waals surface area (Å²) in [4.78, 5) is 14.0. The van der Waals surface area contributed by atoms with E-state index in [9.17, 15) is 4.79 Å². The van der Waals surface area contributed by atoms with Crippen LogP contribution in [0.5, 0.6) is 0 Å². The Balaban J connectivity index is 1.90. The average Bonchev–Trinajstić information content (AvgIpc) is 2.19. The van der Waals surface area contributed by atoms with Gasteiger partial charge in [-0.1, -0.05) is 6.42 Å². The molecule has 5 heteroatoms. The topological polar surface area (TPSA) is 58.4 Å². The molecular formula is C13H18BrN3O. The lowest BCUT2D eigenvalue weighted by molar-refractivity contribution is -0.117. The van der Waals surface area contributed by atoms with E-state index in [1.807, 2.05) is 7.05 Å². The Morgan fingerprint density at radius 2 is 2.28 bits per heavy atom. The Hall–Kier alpha value is -1.07. The van der Waals surface area contributed by atoms with Crippen LogP contribution in [0.1, 0.15) is 19.3 Å². The zero-order chi connectivity index (χ0) is 13.1. The third-order valence-corrected chi connectivity index (χ3v) is 4.01. The molecule has 4 nitrogen and oxygen atoms in total. The van der Waals surface area contributed by atoms with Crippen LogP contribution in [-0.4, -0.2) is 30.4 Å². The predicted molar refractivity (Wildman–Crippen MR) is 77.5 cm³/mol. The van der Waals surface area contributed by atoms with E-state index in [2.05, 4.69) is 26.1 Å². The van der Waals surface area contributed by atoms with Gasteiger partial charge >= 0.3 is 0 Å². The van der Waals surface area contributed by atoms with E-state index < -0.39 is 0 Å². The van der Waals surface area contributed by atoms with Crippen LogP contribution in [0.2, 0.25) is 0 Å². The van der Waals surface area contributed by atoms with Crippen LogP contribution in [0.15, 0.2) is 22.7 Å². The second-order valence-electron chi connectivity index (χ2n) is 4.79. The molecule has 0 unspecified atom stereocenters. The van der Waals surface area contributed by atoms with Crippen molar-refractivity contribution >= 4 is 33.2 Å². The van der Waals surface area contributed by atoms with Gasteiger partial charge in [-0.15, -0.1) is 0 Å². The number of carbonyl (C=O) groups excluding carboxylic acids is 1. The van der Waals surface area contributed by atoms with Crippen molar-refractivity contribution in [2.75, 3.05) is 24.6 Å². The minimum atomic E-state index is 0.00914. The van der Waals surface area contributed by atoms with Gasteiger partial charge in [0.15, 0.2) is 0 Å². The molecule has 1 saturated carbocycles. The first-order valence-electron chi connectivity index (χ1n) is 6.11. The van der Waals surface area contributed by atoms with Gasteiger partial charge in [-0.25, -0.2) is 0 Å². The van der Waals surface area contributed by atoms with Gasteiger partial charge in [0, 0.05) is 16.2 Å². The molecule has 98 valence electrons. The van der Waals surface area contributed by atoms with Crippen LogP contribution < -0.4 is 11.1 Å². The summed E-state index contributed by atoms with van der Waals surface area (Å²) in [5, 5.41) is 2.89. The molecule has 0 saturated heterocycles. The van der Waals surface area contributed by atoms with Crippen LogP contribution in [0.25, 0.3) is 0 Å². The Labute approximate surface area is 116 Å². The van der Waals surface area contributed by atoms with E-state index in [1.165, 1.54) is 19.3 Å². The molecule has 2 rings (SSSR count). The maximum Gasteiger partial charge on any atom is 0.238 e. The zero-order valence-corrected chi connectivity index (χ0v) is 12.0. The molecule has 1 aromatic rings. The van der Waals surface area contributed by atoms with Crippen molar-refractivity contribution in [2.24, 2.45) is 0 Å². The van der Waals surface area contributed by atoms with E-state index in [1.54, 1.807) is 18.2 Å². The first-order chi connectivity index (χ1) is 8.56. The highest BCUT2D eigenvalue weighted by atomic mass is 79.9. The zero-order valence-electron chi connectivity index (χ0n) is 10.4. The summed E-state index contributed by atoms with van der Waals surface area (Å²) in [6.45, 7) is 0.432. The number of benzene rings is 1. The number of likely N-dealkylation sites (N-methyl/N-ethyl adjacent to an activating group) is 1. The van der Waals surface area contributed by atoms with Crippen molar-refractivity contribution in [1.29, 1.82) is 0 Å². The summed E-state index contributed by atoms with van der Waals surface area (Å²) >= 11 is 3.39. The van der Waals surface area contributed by atoms with Crippen molar-refractivity contribution in [3.05, 3.63) is 22.7 Å². The Kier molecular flexibility index (Phi) is 4.24. The molecule has 3 N–H and O–H groups in total. The van der Waals surface area contributed by atoms with E-state index in [-0.39, 0.29) is 5.91 Å². The summed E-state index contributed by atoms with van der Waals surface area (Å²) in [5.41, 5.74) is 7.09. The summed E-state index contributed by atoms with van der Waals surface area (Å²) in [6.07, 6.45) is 3.69. The van der Waals surface area contributed by atoms with Gasteiger partial charge in [-0.3, -0.25) is 9.69 Å². The fraction of sp³-hybridized carbons (Fsp3) is 0.462. The van der Waals surface area contributed by atoms with Crippen LogP contribution in [0.4, 0.5) is 11.4 Å². The van der Waals surface area contributed by atoms with Gasteiger partial charge in [0.05, 0.1) is 12.2 Å². The van der Waals surface area contributed by atoms with Crippen molar-refractivity contribution in [2.45, 2.75) is 25.3 Å². The van der Waals surface area contributed by atoms with Crippen molar-refractivity contribution in [3.63, 3.8) is 0 Å².